The number of ether oxygens (including phenoxy) is 4. The van der Waals surface area contributed by atoms with Crippen LogP contribution in [0.15, 0.2) is 81.7 Å². The van der Waals surface area contributed by atoms with Gasteiger partial charge in [-0.1, -0.05) is 47.2 Å². The summed E-state index contributed by atoms with van der Waals surface area (Å²) in [6.45, 7) is 5.28. The van der Waals surface area contributed by atoms with E-state index >= 15 is 0 Å². The molecule has 0 saturated carbocycles. The summed E-state index contributed by atoms with van der Waals surface area (Å²) >= 11 is 7.71. The third-order valence-corrected chi connectivity index (χ3v) is 8.33. The number of methoxy groups -OCH3 is 1. The number of phenolic OH excluding ortho intramolecular Hbond substituents is 1. The van der Waals surface area contributed by atoms with Crippen LogP contribution in [0.3, 0.4) is 0 Å². The first-order valence-electron chi connectivity index (χ1n) is 14.7. The number of hydrogen-bond donors (Lipinski definition) is 2. The molecule has 0 fully saturated rings. The van der Waals surface area contributed by atoms with E-state index in [1.54, 1.807) is 75.4 Å². The van der Waals surface area contributed by atoms with Crippen LogP contribution in [0.1, 0.15) is 37.9 Å². The van der Waals surface area contributed by atoms with Gasteiger partial charge in [-0.15, -0.1) is 0 Å². The molecular weight excluding hydrogens is 646 g/mol. The molecule has 0 bridgehead atoms. The molecule has 0 spiro atoms. The lowest BCUT2D eigenvalue weighted by Gasteiger charge is -2.25. The number of hydrogen-bond acceptors (Lipinski definition) is 10. The average molecular weight is 678 g/mol. The highest BCUT2D eigenvalue weighted by molar-refractivity contribution is 7.07. The largest absolute Gasteiger partial charge is 0.504 e. The zero-order chi connectivity index (χ0) is 33.7. The maximum Gasteiger partial charge on any atom is 0.338 e. The van der Waals surface area contributed by atoms with Gasteiger partial charge in [0, 0.05) is 5.69 Å². The van der Waals surface area contributed by atoms with E-state index in [2.05, 4.69) is 10.3 Å². The third kappa shape index (κ3) is 7.18. The summed E-state index contributed by atoms with van der Waals surface area (Å²) in [4.78, 5) is 44.6. The van der Waals surface area contributed by atoms with Crippen molar-refractivity contribution in [3.8, 4) is 23.0 Å². The molecule has 5 rings (SSSR count). The Kier molecular flexibility index (Phi) is 10.3. The van der Waals surface area contributed by atoms with E-state index in [1.165, 1.54) is 17.7 Å². The molecule has 0 radical (unpaired) electrons. The number of benzene rings is 3. The number of rotatable bonds is 11. The zero-order valence-electron chi connectivity index (χ0n) is 26.0. The molecule has 3 aromatic carbocycles. The van der Waals surface area contributed by atoms with Crippen molar-refractivity contribution >= 4 is 46.6 Å². The van der Waals surface area contributed by atoms with E-state index in [9.17, 15) is 19.5 Å². The number of carbonyl (C=O) groups is 2. The molecular formula is C34H32ClN3O8S. The molecule has 47 heavy (non-hydrogen) atoms. The number of esters is 1. The second-order valence-electron chi connectivity index (χ2n) is 10.2. The first-order chi connectivity index (χ1) is 22.6. The topological polar surface area (TPSA) is 138 Å². The molecule has 1 aliphatic rings. The van der Waals surface area contributed by atoms with Crippen LogP contribution < -0.4 is 34.4 Å². The molecule has 2 heterocycles. The zero-order valence-corrected chi connectivity index (χ0v) is 27.6. The number of fused-ring (bicyclic) bond motifs is 1. The van der Waals surface area contributed by atoms with Crippen LogP contribution in [0, 0.1) is 0 Å². The Morgan fingerprint density at radius 2 is 1.83 bits per heavy atom. The van der Waals surface area contributed by atoms with E-state index in [1.807, 2.05) is 6.07 Å². The van der Waals surface area contributed by atoms with Gasteiger partial charge < -0.3 is 29.4 Å². The lowest BCUT2D eigenvalue weighted by atomic mass is 9.95. The van der Waals surface area contributed by atoms with Gasteiger partial charge in [0.15, 0.2) is 34.4 Å². The van der Waals surface area contributed by atoms with E-state index in [4.69, 9.17) is 30.5 Å². The number of anilines is 1. The number of para-hydroxylation sites is 1. The van der Waals surface area contributed by atoms with Gasteiger partial charge in [-0.3, -0.25) is 14.2 Å². The van der Waals surface area contributed by atoms with E-state index in [0.29, 0.717) is 38.5 Å². The fourth-order valence-electron chi connectivity index (χ4n) is 5.05. The Bertz CT molecular complexity index is 2040. The molecule has 0 saturated heterocycles. The molecule has 1 atom stereocenters. The Morgan fingerprint density at radius 3 is 2.53 bits per heavy atom. The molecule has 0 unspecified atom stereocenters. The molecule has 0 aliphatic carbocycles. The predicted molar refractivity (Wildman–Crippen MR) is 178 cm³/mol. The van der Waals surface area contributed by atoms with Gasteiger partial charge in [-0.05, 0) is 74.4 Å². The summed E-state index contributed by atoms with van der Waals surface area (Å²) in [6.07, 6.45) is 1.63. The number of halogens is 1. The number of thiazole rings is 1. The van der Waals surface area contributed by atoms with Crippen molar-refractivity contribution in [3.05, 3.63) is 108 Å². The monoisotopic (exact) mass is 677 g/mol. The molecule has 2 N–H and O–H groups in total. The molecule has 11 nitrogen and oxygen atoms in total. The van der Waals surface area contributed by atoms with Crippen LogP contribution in [-0.2, 0) is 14.3 Å². The standard InChI is InChI=1S/C34H32ClN3O8S/c1-5-44-25-17-21(12-13-24(25)39)30-29(33(42)45-6-2)19(3)36-34-38(30)32(41)27(47-34)16-20-14-23(35)31(26(15-20)43-4)46-18-28(40)37-22-10-8-7-9-11-22/h7-17,30,39H,5-6,18H2,1-4H3,(H,37,40)/b27-16+/t30-/m1/s1. The maximum absolute atomic E-state index is 14.0. The predicted octanol–water partition coefficient (Wildman–Crippen LogP) is 4.58. The van der Waals surface area contributed by atoms with Crippen LogP contribution in [0.2, 0.25) is 5.02 Å². The summed E-state index contributed by atoms with van der Waals surface area (Å²) in [5, 5.41) is 13.2. The van der Waals surface area contributed by atoms with Crippen molar-refractivity contribution in [3.63, 3.8) is 0 Å². The molecule has 1 aliphatic heterocycles. The highest BCUT2D eigenvalue weighted by Crippen LogP contribution is 2.37. The highest BCUT2D eigenvalue weighted by Gasteiger charge is 2.34. The van der Waals surface area contributed by atoms with Crippen LogP contribution in [0.25, 0.3) is 6.08 Å². The number of aromatic nitrogens is 1. The fourth-order valence-corrected chi connectivity index (χ4v) is 6.37. The number of aromatic hydroxyl groups is 1. The second kappa shape index (κ2) is 14.6. The summed E-state index contributed by atoms with van der Waals surface area (Å²) in [5.41, 5.74) is 1.87. The SMILES string of the molecule is CCOC(=O)C1=C(C)N=c2s/c(=C/c3cc(Cl)c(OCC(=O)Nc4ccccc4)c(OC)c3)c(=O)n2[C@@H]1c1ccc(O)c(OCC)c1. The minimum absolute atomic E-state index is 0.0727. The summed E-state index contributed by atoms with van der Waals surface area (Å²) < 4.78 is 23.9. The average Bonchev–Trinajstić information content (AvgIpc) is 3.34. The highest BCUT2D eigenvalue weighted by atomic mass is 35.5. The van der Waals surface area contributed by atoms with E-state index < -0.39 is 17.6 Å². The van der Waals surface area contributed by atoms with Crippen molar-refractivity contribution in [1.29, 1.82) is 0 Å². The third-order valence-electron chi connectivity index (χ3n) is 7.07. The lowest BCUT2D eigenvalue weighted by Crippen LogP contribution is -2.39. The number of phenols is 1. The Morgan fingerprint density at radius 1 is 1.06 bits per heavy atom. The Balaban J connectivity index is 1.53. The van der Waals surface area contributed by atoms with Crippen molar-refractivity contribution in [2.24, 2.45) is 4.99 Å². The molecule has 13 heteroatoms. The minimum Gasteiger partial charge on any atom is -0.504 e. The summed E-state index contributed by atoms with van der Waals surface area (Å²) in [7, 11) is 1.44. The number of nitrogens with one attached hydrogen (secondary N) is 1. The van der Waals surface area contributed by atoms with Gasteiger partial charge in [0.05, 0.1) is 47.2 Å². The molecule has 244 valence electrons. The van der Waals surface area contributed by atoms with Gasteiger partial charge >= 0.3 is 5.97 Å². The quantitative estimate of drug-likeness (QED) is 0.220. The maximum atomic E-state index is 14.0. The van der Waals surface area contributed by atoms with Gasteiger partial charge in [-0.2, -0.15) is 0 Å². The number of allylic oxidation sites excluding steroid dienone is 1. The van der Waals surface area contributed by atoms with Crippen LogP contribution in [-0.4, -0.2) is 48.5 Å². The fraction of sp³-hybridized carbons (Fsp3) is 0.235. The van der Waals surface area contributed by atoms with Crippen molar-refractivity contribution in [1.82, 2.24) is 4.57 Å². The normalized spacial score (nSPS) is 14.2. The van der Waals surface area contributed by atoms with E-state index in [-0.39, 0.29) is 52.7 Å². The van der Waals surface area contributed by atoms with Crippen LogP contribution in [0.4, 0.5) is 5.69 Å². The number of amides is 1. The Hall–Kier alpha value is -5.07. The first-order valence-corrected chi connectivity index (χ1v) is 15.8. The molecule has 1 aromatic heterocycles. The summed E-state index contributed by atoms with van der Waals surface area (Å²) in [6, 6.07) is 16.0. The van der Waals surface area contributed by atoms with Gasteiger partial charge in [0.2, 0.25) is 0 Å². The van der Waals surface area contributed by atoms with Crippen LogP contribution >= 0.6 is 22.9 Å². The summed E-state index contributed by atoms with van der Waals surface area (Å²) in [5.74, 6) is -0.418. The molecule has 4 aromatic rings. The Labute approximate surface area is 279 Å². The van der Waals surface area contributed by atoms with Crippen molar-refractivity contribution in [2.45, 2.75) is 26.8 Å². The van der Waals surface area contributed by atoms with Crippen molar-refractivity contribution in [2.75, 3.05) is 32.2 Å². The van der Waals surface area contributed by atoms with Gasteiger partial charge in [0.25, 0.3) is 11.5 Å². The van der Waals surface area contributed by atoms with Gasteiger partial charge in [0.1, 0.15) is 0 Å². The smallest absolute Gasteiger partial charge is 0.338 e. The second-order valence-corrected chi connectivity index (χ2v) is 11.6. The van der Waals surface area contributed by atoms with Crippen molar-refractivity contribution < 1.29 is 33.6 Å². The number of carbonyl (C=O) groups excluding carboxylic acids is 2. The number of nitrogens with zero attached hydrogens (tertiary/aromatic N) is 2. The lowest BCUT2D eigenvalue weighted by molar-refractivity contribution is -0.139. The van der Waals surface area contributed by atoms with E-state index in [0.717, 1.165) is 11.3 Å². The van der Waals surface area contributed by atoms with Gasteiger partial charge in [-0.25, -0.2) is 9.79 Å². The molecule has 1 amide bonds. The van der Waals surface area contributed by atoms with Crippen LogP contribution in [0.5, 0.6) is 23.0 Å². The first kappa shape index (κ1) is 33.3. The minimum atomic E-state index is -0.900.